The Kier molecular flexibility index (Phi) is 4.33. The second-order valence-electron chi connectivity index (χ2n) is 6.12. The van der Waals surface area contributed by atoms with Gasteiger partial charge in [-0.15, -0.1) is 0 Å². The first-order valence-electron chi connectivity index (χ1n) is 6.97. The van der Waals surface area contributed by atoms with E-state index < -0.39 is 15.6 Å². The van der Waals surface area contributed by atoms with E-state index in [0.717, 1.165) is 5.56 Å². The van der Waals surface area contributed by atoms with Crippen LogP contribution in [0.4, 0.5) is 0 Å². The highest BCUT2D eigenvalue weighted by molar-refractivity contribution is 7.89. The number of nitrogens with zero attached hydrogens (tertiary/aromatic N) is 1. The average Bonchev–Trinajstić information content (AvgIpc) is 2.41. The monoisotopic (exact) mass is 313 g/mol. The number of morpholine rings is 1. The Labute approximate surface area is 126 Å². The van der Waals surface area contributed by atoms with Crippen LogP contribution in [0.15, 0.2) is 23.1 Å². The molecule has 1 aliphatic rings. The van der Waals surface area contributed by atoms with Crippen molar-refractivity contribution in [1.82, 2.24) is 4.31 Å². The summed E-state index contributed by atoms with van der Waals surface area (Å²) in [6.07, 6.45) is -0.122. The highest BCUT2D eigenvalue weighted by Gasteiger charge is 2.42. The molecule has 5 nitrogen and oxygen atoms in total. The van der Waals surface area contributed by atoms with E-state index in [9.17, 15) is 8.42 Å². The van der Waals surface area contributed by atoms with Crippen molar-refractivity contribution in [3.63, 3.8) is 0 Å². The Balaban J connectivity index is 2.53. The number of sulfonamides is 1. The highest BCUT2D eigenvalue weighted by Crippen LogP contribution is 2.33. The van der Waals surface area contributed by atoms with Gasteiger partial charge in [0.25, 0.3) is 0 Å². The Morgan fingerprint density at radius 1 is 1.38 bits per heavy atom. The zero-order valence-electron chi connectivity index (χ0n) is 13.2. The zero-order chi connectivity index (χ0) is 15.8. The lowest BCUT2D eigenvalue weighted by atomic mass is 10.1. The Bertz CT molecular complexity index is 625. The van der Waals surface area contributed by atoms with Crippen LogP contribution < -0.4 is 4.74 Å². The molecule has 0 N–H and O–H groups in total. The summed E-state index contributed by atoms with van der Waals surface area (Å²) in [5, 5.41) is 0. The van der Waals surface area contributed by atoms with Gasteiger partial charge in [0.1, 0.15) is 10.6 Å². The van der Waals surface area contributed by atoms with Crippen molar-refractivity contribution in [2.24, 2.45) is 0 Å². The molecule has 21 heavy (non-hydrogen) atoms. The lowest BCUT2D eigenvalue weighted by Crippen LogP contribution is -2.57. The predicted octanol–water partition coefficient (Wildman–Crippen LogP) is 2.19. The summed E-state index contributed by atoms with van der Waals surface area (Å²) in [7, 11) is -2.16. The van der Waals surface area contributed by atoms with Gasteiger partial charge in [-0.2, -0.15) is 4.31 Å². The number of benzene rings is 1. The molecule has 0 aliphatic carbocycles. The summed E-state index contributed by atoms with van der Waals surface area (Å²) < 4.78 is 38.5. The third-order valence-corrected chi connectivity index (χ3v) is 5.80. The molecule has 1 aromatic rings. The van der Waals surface area contributed by atoms with Gasteiger partial charge in [-0.05, 0) is 45.4 Å². The summed E-state index contributed by atoms with van der Waals surface area (Å²) in [4.78, 5) is 0.215. The fraction of sp³-hybridized carbons (Fsp3) is 0.600. The van der Waals surface area contributed by atoms with Gasteiger partial charge >= 0.3 is 0 Å². The van der Waals surface area contributed by atoms with Gasteiger partial charge in [-0.25, -0.2) is 8.42 Å². The van der Waals surface area contributed by atoms with Crippen molar-refractivity contribution < 1.29 is 17.9 Å². The van der Waals surface area contributed by atoms with Gasteiger partial charge in [0.15, 0.2) is 0 Å². The molecule has 1 aliphatic heterocycles. The normalized spacial score (nSPS) is 23.0. The third kappa shape index (κ3) is 3.07. The molecule has 118 valence electrons. The Hall–Kier alpha value is -1.11. The van der Waals surface area contributed by atoms with E-state index in [1.165, 1.54) is 11.4 Å². The number of aryl methyl sites for hydroxylation is 1. The Morgan fingerprint density at radius 3 is 2.67 bits per heavy atom. The summed E-state index contributed by atoms with van der Waals surface area (Å²) in [5.74, 6) is 0.371. The number of hydrogen-bond acceptors (Lipinski definition) is 4. The van der Waals surface area contributed by atoms with E-state index in [4.69, 9.17) is 9.47 Å². The first-order valence-corrected chi connectivity index (χ1v) is 8.41. The second-order valence-corrected chi connectivity index (χ2v) is 7.96. The molecule has 0 saturated carbocycles. The van der Waals surface area contributed by atoms with Gasteiger partial charge in [-0.3, -0.25) is 0 Å². The van der Waals surface area contributed by atoms with Gasteiger partial charge in [0.05, 0.1) is 25.4 Å². The summed E-state index contributed by atoms with van der Waals surface area (Å²) in [5.41, 5.74) is 0.300. The molecule has 0 aromatic heterocycles. The molecule has 1 heterocycles. The molecule has 0 spiro atoms. The standard InChI is InChI=1S/C15H23NO4S/c1-11-6-7-13(19-5)14(8-11)21(17,18)16-9-12(2)20-10-15(16,3)4/h6-8,12H,9-10H2,1-5H3. The van der Waals surface area contributed by atoms with Crippen LogP contribution in [-0.4, -0.2) is 44.6 Å². The minimum Gasteiger partial charge on any atom is -0.495 e. The van der Waals surface area contributed by atoms with Crippen molar-refractivity contribution in [3.05, 3.63) is 23.8 Å². The smallest absolute Gasteiger partial charge is 0.247 e. The van der Waals surface area contributed by atoms with Crippen LogP contribution >= 0.6 is 0 Å². The van der Waals surface area contributed by atoms with Crippen LogP contribution in [0.2, 0.25) is 0 Å². The molecule has 1 fully saturated rings. The number of rotatable bonds is 3. The van der Waals surface area contributed by atoms with Crippen LogP contribution in [-0.2, 0) is 14.8 Å². The lowest BCUT2D eigenvalue weighted by Gasteiger charge is -2.43. The van der Waals surface area contributed by atoms with Crippen molar-refractivity contribution in [1.29, 1.82) is 0 Å². The maximum absolute atomic E-state index is 13.1. The van der Waals surface area contributed by atoms with Crippen LogP contribution in [0, 0.1) is 6.92 Å². The minimum atomic E-state index is -3.64. The van der Waals surface area contributed by atoms with Gasteiger partial charge in [0.2, 0.25) is 10.0 Å². The fourth-order valence-electron chi connectivity index (χ4n) is 2.48. The summed E-state index contributed by atoms with van der Waals surface area (Å²) in [6, 6.07) is 5.19. The van der Waals surface area contributed by atoms with Crippen LogP contribution in [0.1, 0.15) is 26.3 Å². The van der Waals surface area contributed by atoms with Crippen molar-refractivity contribution in [3.8, 4) is 5.75 Å². The minimum absolute atomic E-state index is 0.122. The van der Waals surface area contributed by atoms with Crippen molar-refractivity contribution in [2.45, 2.75) is 44.2 Å². The molecule has 1 unspecified atom stereocenters. The van der Waals surface area contributed by atoms with Gasteiger partial charge < -0.3 is 9.47 Å². The van der Waals surface area contributed by atoms with Crippen molar-refractivity contribution in [2.75, 3.05) is 20.3 Å². The SMILES string of the molecule is COc1ccc(C)cc1S(=O)(=O)N1CC(C)OCC1(C)C. The molecule has 0 radical (unpaired) electrons. The van der Waals surface area contributed by atoms with E-state index in [1.54, 1.807) is 12.1 Å². The molecular formula is C15H23NO4S. The molecule has 1 atom stereocenters. The summed E-state index contributed by atoms with van der Waals surface area (Å²) >= 11 is 0. The topological polar surface area (TPSA) is 55.8 Å². The highest BCUT2D eigenvalue weighted by atomic mass is 32.2. The Morgan fingerprint density at radius 2 is 2.05 bits per heavy atom. The predicted molar refractivity (Wildman–Crippen MR) is 81.1 cm³/mol. The third-order valence-electron chi connectivity index (χ3n) is 3.71. The van der Waals surface area contributed by atoms with E-state index >= 15 is 0 Å². The maximum atomic E-state index is 13.1. The molecule has 2 rings (SSSR count). The number of hydrogen-bond donors (Lipinski definition) is 0. The molecule has 6 heteroatoms. The molecule has 0 amide bonds. The van der Waals surface area contributed by atoms with Crippen LogP contribution in [0.3, 0.4) is 0 Å². The van der Waals surface area contributed by atoms with E-state index in [1.807, 2.05) is 33.8 Å². The molecular weight excluding hydrogens is 290 g/mol. The van der Waals surface area contributed by atoms with E-state index in [0.29, 0.717) is 18.9 Å². The van der Waals surface area contributed by atoms with Crippen LogP contribution in [0.5, 0.6) is 5.75 Å². The first-order chi connectivity index (χ1) is 9.68. The fourth-order valence-corrected chi connectivity index (χ4v) is 4.57. The average molecular weight is 313 g/mol. The van der Waals surface area contributed by atoms with Gasteiger partial charge in [0, 0.05) is 6.54 Å². The first kappa shape index (κ1) is 16.3. The number of ether oxygens (including phenoxy) is 2. The van der Waals surface area contributed by atoms with E-state index in [-0.39, 0.29) is 11.0 Å². The zero-order valence-corrected chi connectivity index (χ0v) is 14.0. The number of methoxy groups -OCH3 is 1. The molecule has 0 bridgehead atoms. The second kappa shape index (κ2) is 5.59. The largest absolute Gasteiger partial charge is 0.495 e. The van der Waals surface area contributed by atoms with Crippen LogP contribution in [0.25, 0.3) is 0 Å². The van der Waals surface area contributed by atoms with E-state index in [2.05, 4.69) is 0 Å². The molecule has 1 saturated heterocycles. The summed E-state index contributed by atoms with van der Waals surface area (Å²) in [6.45, 7) is 8.21. The van der Waals surface area contributed by atoms with Gasteiger partial charge in [-0.1, -0.05) is 6.07 Å². The quantitative estimate of drug-likeness (QED) is 0.858. The maximum Gasteiger partial charge on any atom is 0.247 e. The lowest BCUT2D eigenvalue weighted by molar-refractivity contribution is -0.0551. The van der Waals surface area contributed by atoms with Crippen molar-refractivity contribution >= 4 is 10.0 Å². The molecule has 1 aromatic carbocycles.